The molecule has 1 rings (SSSR count). The molecule has 0 aliphatic carbocycles. The van der Waals surface area contributed by atoms with E-state index in [0.29, 0.717) is 6.04 Å². The molecular weight excluding hydrogens is 182 g/mol. The topological polar surface area (TPSA) is 3.24 Å². The number of alkyl halides is 1. The second-order valence-electron chi connectivity index (χ2n) is 3.52. The summed E-state index contributed by atoms with van der Waals surface area (Å²) in [4.78, 5) is 2.13. The van der Waals surface area contributed by atoms with Crippen LogP contribution in [0.5, 0.6) is 0 Å². The fraction of sp³-hybridized carbons (Fsp3) is 0.455. The van der Waals surface area contributed by atoms with Crippen LogP contribution < -0.4 is 0 Å². The Morgan fingerprint density at radius 2 is 1.69 bits per heavy atom. The second kappa shape index (κ2) is 4.64. The van der Waals surface area contributed by atoms with Crippen LogP contribution in [0.4, 0.5) is 0 Å². The van der Waals surface area contributed by atoms with Gasteiger partial charge < -0.3 is 4.90 Å². The highest BCUT2D eigenvalue weighted by Gasteiger charge is 2.17. The number of hydrogen-bond acceptors (Lipinski definition) is 1. The SMILES string of the molecule is C[C@@H]([C@H](Cl)c1ccccc1)N(C)C. The van der Waals surface area contributed by atoms with Crippen molar-refractivity contribution in [2.45, 2.75) is 18.3 Å². The lowest BCUT2D eigenvalue weighted by atomic mass is 10.1. The summed E-state index contributed by atoms with van der Waals surface area (Å²) in [5, 5.41) is 0.0659. The summed E-state index contributed by atoms with van der Waals surface area (Å²) in [5.41, 5.74) is 1.19. The molecule has 0 fully saturated rings. The first kappa shape index (κ1) is 10.6. The number of nitrogens with zero attached hydrogens (tertiary/aromatic N) is 1. The first-order valence-corrected chi connectivity index (χ1v) is 4.92. The molecule has 13 heavy (non-hydrogen) atoms. The molecule has 0 spiro atoms. The highest BCUT2D eigenvalue weighted by Crippen LogP contribution is 2.25. The highest BCUT2D eigenvalue weighted by atomic mass is 35.5. The van der Waals surface area contributed by atoms with Crippen molar-refractivity contribution in [3.8, 4) is 0 Å². The van der Waals surface area contributed by atoms with Crippen molar-refractivity contribution in [1.82, 2.24) is 4.90 Å². The number of benzene rings is 1. The maximum atomic E-state index is 6.31. The Hall–Kier alpha value is -0.530. The molecule has 0 aromatic heterocycles. The summed E-state index contributed by atoms with van der Waals surface area (Å²) in [6.07, 6.45) is 0. The quantitative estimate of drug-likeness (QED) is 0.674. The third-order valence-corrected chi connectivity index (χ3v) is 2.97. The lowest BCUT2D eigenvalue weighted by Gasteiger charge is -2.24. The normalized spacial score (nSPS) is 15.8. The van der Waals surface area contributed by atoms with E-state index < -0.39 is 0 Å². The maximum absolute atomic E-state index is 6.31. The molecule has 2 atom stereocenters. The Balaban J connectivity index is 2.73. The van der Waals surface area contributed by atoms with E-state index in [0.717, 1.165) is 0 Å². The molecule has 0 aliphatic heterocycles. The van der Waals surface area contributed by atoms with Crippen LogP contribution in [0, 0.1) is 0 Å². The van der Waals surface area contributed by atoms with Gasteiger partial charge in [0.15, 0.2) is 0 Å². The van der Waals surface area contributed by atoms with E-state index in [4.69, 9.17) is 11.6 Å². The van der Waals surface area contributed by atoms with Gasteiger partial charge in [-0.25, -0.2) is 0 Å². The van der Waals surface area contributed by atoms with E-state index >= 15 is 0 Å². The minimum Gasteiger partial charge on any atom is -0.305 e. The molecule has 0 aliphatic rings. The zero-order chi connectivity index (χ0) is 9.84. The molecule has 72 valence electrons. The zero-order valence-electron chi connectivity index (χ0n) is 8.37. The van der Waals surface area contributed by atoms with E-state index in [1.165, 1.54) is 5.56 Å². The average Bonchev–Trinajstić information content (AvgIpc) is 2.17. The van der Waals surface area contributed by atoms with Crippen LogP contribution in [-0.2, 0) is 0 Å². The Morgan fingerprint density at radius 3 is 2.15 bits per heavy atom. The molecule has 0 heterocycles. The third kappa shape index (κ3) is 2.71. The van der Waals surface area contributed by atoms with E-state index in [1.807, 2.05) is 32.3 Å². The molecule has 0 saturated carbocycles. The highest BCUT2D eigenvalue weighted by molar-refractivity contribution is 6.21. The van der Waals surface area contributed by atoms with Gasteiger partial charge in [0, 0.05) is 6.04 Å². The van der Waals surface area contributed by atoms with Gasteiger partial charge >= 0.3 is 0 Å². The van der Waals surface area contributed by atoms with Gasteiger partial charge in [-0.15, -0.1) is 11.6 Å². The van der Waals surface area contributed by atoms with Gasteiger partial charge in [0.2, 0.25) is 0 Å². The number of hydrogen-bond donors (Lipinski definition) is 0. The van der Waals surface area contributed by atoms with Gasteiger partial charge in [0.1, 0.15) is 0 Å². The summed E-state index contributed by atoms with van der Waals surface area (Å²) < 4.78 is 0. The average molecular weight is 198 g/mol. The van der Waals surface area contributed by atoms with Crippen molar-refractivity contribution in [2.24, 2.45) is 0 Å². The van der Waals surface area contributed by atoms with Crippen LogP contribution >= 0.6 is 11.6 Å². The van der Waals surface area contributed by atoms with Crippen molar-refractivity contribution in [2.75, 3.05) is 14.1 Å². The standard InChI is InChI=1S/C11H16ClN/c1-9(13(2)3)11(12)10-7-5-4-6-8-10/h4-9,11H,1-3H3/t9-,11-/m0/s1. The Bertz CT molecular complexity index is 246. The van der Waals surface area contributed by atoms with Crippen molar-refractivity contribution in [3.63, 3.8) is 0 Å². The molecule has 1 nitrogen and oxygen atoms in total. The maximum Gasteiger partial charge on any atom is 0.0737 e. The van der Waals surface area contributed by atoms with Crippen molar-refractivity contribution >= 4 is 11.6 Å². The molecule has 1 aromatic rings. The van der Waals surface area contributed by atoms with Gasteiger partial charge in [-0.05, 0) is 26.6 Å². The molecule has 2 heteroatoms. The van der Waals surface area contributed by atoms with E-state index in [-0.39, 0.29) is 5.38 Å². The van der Waals surface area contributed by atoms with E-state index in [2.05, 4.69) is 24.0 Å². The predicted molar refractivity (Wildman–Crippen MR) is 58.2 cm³/mol. The summed E-state index contributed by atoms with van der Waals surface area (Å²) in [6, 6.07) is 10.5. The van der Waals surface area contributed by atoms with Gasteiger partial charge in [-0.3, -0.25) is 0 Å². The van der Waals surface area contributed by atoms with Crippen molar-refractivity contribution in [3.05, 3.63) is 35.9 Å². The zero-order valence-corrected chi connectivity index (χ0v) is 9.12. The monoisotopic (exact) mass is 197 g/mol. The first-order valence-electron chi connectivity index (χ1n) is 4.48. The molecular formula is C11H16ClN. The van der Waals surface area contributed by atoms with Gasteiger partial charge in [0.25, 0.3) is 0 Å². The second-order valence-corrected chi connectivity index (χ2v) is 3.99. The van der Waals surface area contributed by atoms with E-state index in [1.54, 1.807) is 0 Å². The van der Waals surface area contributed by atoms with Crippen LogP contribution in [0.2, 0.25) is 0 Å². The van der Waals surface area contributed by atoms with E-state index in [9.17, 15) is 0 Å². The lowest BCUT2D eigenvalue weighted by Crippen LogP contribution is -2.28. The van der Waals surface area contributed by atoms with Crippen LogP contribution in [0.15, 0.2) is 30.3 Å². The Morgan fingerprint density at radius 1 is 1.15 bits per heavy atom. The van der Waals surface area contributed by atoms with Gasteiger partial charge in [-0.2, -0.15) is 0 Å². The summed E-state index contributed by atoms with van der Waals surface area (Å²) >= 11 is 6.31. The Labute approximate surface area is 85.3 Å². The predicted octanol–water partition coefficient (Wildman–Crippen LogP) is 2.92. The number of halogens is 1. The lowest BCUT2D eigenvalue weighted by molar-refractivity contribution is 0.306. The minimum absolute atomic E-state index is 0.0659. The van der Waals surface area contributed by atoms with Crippen LogP contribution in [-0.4, -0.2) is 25.0 Å². The van der Waals surface area contributed by atoms with Crippen LogP contribution in [0.25, 0.3) is 0 Å². The largest absolute Gasteiger partial charge is 0.305 e. The smallest absolute Gasteiger partial charge is 0.0737 e. The number of rotatable bonds is 3. The first-order chi connectivity index (χ1) is 6.13. The van der Waals surface area contributed by atoms with Crippen molar-refractivity contribution in [1.29, 1.82) is 0 Å². The molecule has 1 aromatic carbocycles. The number of likely N-dealkylation sites (N-methyl/N-ethyl adjacent to an activating group) is 1. The summed E-state index contributed by atoms with van der Waals surface area (Å²) in [6.45, 7) is 2.13. The minimum atomic E-state index is 0.0659. The molecule has 0 saturated heterocycles. The fourth-order valence-corrected chi connectivity index (χ4v) is 1.55. The van der Waals surface area contributed by atoms with Crippen molar-refractivity contribution < 1.29 is 0 Å². The third-order valence-electron chi connectivity index (χ3n) is 2.36. The molecule has 0 amide bonds. The summed E-state index contributed by atoms with van der Waals surface area (Å²) in [7, 11) is 4.09. The molecule has 0 N–H and O–H groups in total. The molecule has 0 unspecified atom stereocenters. The van der Waals surface area contributed by atoms with Gasteiger partial charge in [0.05, 0.1) is 5.38 Å². The van der Waals surface area contributed by atoms with Gasteiger partial charge in [-0.1, -0.05) is 30.3 Å². The fourth-order valence-electron chi connectivity index (χ4n) is 1.18. The summed E-state index contributed by atoms with van der Waals surface area (Å²) in [5.74, 6) is 0. The Kier molecular flexibility index (Phi) is 3.76. The van der Waals surface area contributed by atoms with Crippen LogP contribution in [0.1, 0.15) is 17.9 Å². The van der Waals surface area contributed by atoms with Crippen LogP contribution in [0.3, 0.4) is 0 Å². The molecule has 0 bridgehead atoms. The molecule has 0 radical (unpaired) electrons.